The summed E-state index contributed by atoms with van der Waals surface area (Å²) in [5.74, 6) is 0.519. The molecule has 110 valence electrons. The lowest BCUT2D eigenvalue weighted by molar-refractivity contribution is 0.0293. The summed E-state index contributed by atoms with van der Waals surface area (Å²) in [7, 11) is 0. The van der Waals surface area contributed by atoms with Gasteiger partial charge in [0, 0.05) is 19.1 Å². The lowest BCUT2D eigenvalue weighted by Crippen LogP contribution is -2.36. The number of ether oxygens (including phenoxy) is 1. The van der Waals surface area contributed by atoms with E-state index in [0.717, 1.165) is 6.42 Å². The van der Waals surface area contributed by atoms with E-state index in [1.54, 1.807) is 4.90 Å². The minimum atomic E-state index is -0.470. The molecule has 2 rings (SSSR count). The zero-order chi connectivity index (χ0) is 14.8. The molecule has 0 unspecified atom stereocenters. The first-order valence-corrected chi connectivity index (χ1v) is 6.93. The first-order chi connectivity index (χ1) is 9.33. The Balaban J connectivity index is 1.86. The van der Waals surface area contributed by atoms with E-state index in [4.69, 9.17) is 16.3 Å². The quantitative estimate of drug-likeness (QED) is 0.909. The number of anilines is 1. The highest BCUT2D eigenvalue weighted by molar-refractivity contribution is 6.30. The Morgan fingerprint density at radius 1 is 1.45 bits per heavy atom. The summed E-state index contributed by atoms with van der Waals surface area (Å²) >= 11 is 5.73. The number of carbonyl (C=O) groups is 1. The fraction of sp³-hybridized carbons (Fsp3) is 0.615. The molecule has 1 fully saturated rings. The number of rotatable bonds is 2. The third kappa shape index (κ3) is 4.23. The van der Waals surface area contributed by atoms with Crippen molar-refractivity contribution in [1.29, 1.82) is 0 Å². The summed E-state index contributed by atoms with van der Waals surface area (Å²) in [5.41, 5.74) is -0.470. The van der Waals surface area contributed by atoms with Crippen LogP contribution < -0.4 is 5.32 Å². The van der Waals surface area contributed by atoms with Crippen molar-refractivity contribution in [2.45, 2.75) is 38.8 Å². The largest absolute Gasteiger partial charge is 0.444 e. The standard InChI is InChI=1S/C13H19ClN4O2/c1-13(2,3)20-12(19)18-5-4-10(8-18)17-11-15-6-9(14)7-16-11/h6-7,10H,4-5,8H2,1-3H3,(H,15,16,17)/t10-/m1/s1. The molecule has 20 heavy (non-hydrogen) atoms. The number of halogens is 1. The molecule has 1 saturated heterocycles. The zero-order valence-electron chi connectivity index (χ0n) is 11.9. The van der Waals surface area contributed by atoms with Crippen LogP contribution in [0.15, 0.2) is 12.4 Å². The molecule has 0 bridgehead atoms. The Morgan fingerprint density at radius 3 is 2.70 bits per heavy atom. The van der Waals surface area contributed by atoms with E-state index in [9.17, 15) is 4.79 Å². The van der Waals surface area contributed by atoms with Crippen LogP contribution in [0, 0.1) is 0 Å². The maximum Gasteiger partial charge on any atom is 0.410 e. The van der Waals surface area contributed by atoms with Gasteiger partial charge in [0.05, 0.1) is 17.4 Å². The van der Waals surface area contributed by atoms with Crippen LogP contribution >= 0.6 is 11.6 Å². The van der Waals surface area contributed by atoms with Gasteiger partial charge in [0.15, 0.2) is 0 Å². The molecule has 2 heterocycles. The SMILES string of the molecule is CC(C)(C)OC(=O)N1CC[C@@H](Nc2ncc(Cl)cn2)C1. The van der Waals surface area contributed by atoms with E-state index >= 15 is 0 Å². The average molecular weight is 299 g/mol. The van der Waals surface area contributed by atoms with Crippen molar-refractivity contribution in [3.05, 3.63) is 17.4 Å². The molecule has 1 aromatic heterocycles. The average Bonchev–Trinajstić information content (AvgIpc) is 2.79. The van der Waals surface area contributed by atoms with Crippen molar-refractivity contribution < 1.29 is 9.53 Å². The van der Waals surface area contributed by atoms with Gasteiger partial charge in [0.25, 0.3) is 0 Å². The van der Waals surface area contributed by atoms with Crippen LogP contribution in [0.5, 0.6) is 0 Å². The molecule has 1 aliphatic rings. The molecule has 1 aliphatic heterocycles. The highest BCUT2D eigenvalue weighted by atomic mass is 35.5. The molecule has 6 nitrogen and oxygen atoms in total. The minimum Gasteiger partial charge on any atom is -0.444 e. The van der Waals surface area contributed by atoms with E-state index in [1.807, 2.05) is 20.8 Å². The Bertz CT molecular complexity index is 472. The lowest BCUT2D eigenvalue weighted by Gasteiger charge is -2.24. The number of nitrogens with one attached hydrogen (secondary N) is 1. The van der Waals surface area contributed by atoms with Gasteiger partial charge in [-0.1, -0.05) is 11.6 Å². The Labute approximate surface area is 123 Å². The van der Waals surface area contributed by atoms with Crippen molar-refractivity contribution in [3.63, 3.8) is 0 Å². The topological polar surface area (TPSA) is 67.3 Å². The van der Waals surface area contributed by atoms with Crippen molar-refractivity contribution in [2.75, 3.05) is 18.4 Å². The van der Waals surface area contributed by atoms with E-state index < -0.39 is 5.60 Å². The van der Waals surface area contributed by atoms with Crippen LogP contribution in [-0.4, -0.2) is 45.7 Å². The maximum absolute atomic E-state index is 11.9. The summed E-state index contributed by atoms with van der Waals surface area (Å²) in [6.07, 6.45) is 3.64. The van der Waals surface area contributed by atoms with Crippen LogP contribution in [-0.2, 0) is 4.74 Å². The molecule has 0 radical (unpaired) electrons. The molecule has 1 N–H and O–H groups in total. The number of amides is 1. The molecule has 1 atom stereocenters. The third-order valence-electron chi connectivity index (χ3n) is 2.79. The van der Waals surface area contributed by atoms with Gasteiger partial charge < -0.3 is 15.0 Å². The van der Waals surface area contributed by atoms with Gasteiger partial charge in [-0.25, -0.2) is 14.8 Å². The minimum absolute atomic E-state index is 0.128. The van der Waals surface area contributed by atoms with Crippen LogP contribution in [0.2, 0.25) is 5.02 Å². The molecule has 1 amide bonds. The smallest absolute Gasteiger partial charge is 0.410 e. The van der Waals surface area contributed by atoms with Gasteiger partial charge in [-0.3, -0.25) is 0 Å². The van der Waals surface area contributed by atoms with Crippen molar-refractivity contribution in [1.82, 2.24) is 14.9 Å². The summed E-state index contributed by atoms with van der Waals surface area (Å²) in [6.45, 7) is 6.83. The molecular formula is C13H19ClN4O2. The van der Waals surface area contributed by atoms with Crippen molar-refractivity contribution in [2.24, 2.45) is 0 Å². The van der Waals surface area contributed by atoms with Gasteiger partial charge in [-0.15, -0.1) is 0 Å². The Kier molecular flexibility index (Phi) is 4.32. The summed E-state index contributed by atoms with van der Waals surface area (Å²) in [6, 6.07) is 0.128. The number of nitrogens with zero attached hydrogens (tertiary/aromatic N) is 3. The molecule has 1 aromatic rings. The normalized spacial score (nSPS) is 19.0. The first-order valence-electron chi connectivity index (χ1n) is 6.55. The summed E-state index contributed by atoms with van der Waals surface area (Å²) < 4.78 is 5.35. The third-order valence-corrected chi connectivity index (χ3v) is 2.99. The molecule has 7 heteroatoms. The molecule has 0 saturated carbocycles. The van der Waals surface area contributed by atoms with E-state index in [1.165, 1.54) is 12.4 Å². The van der Waals surface area contributed by atoms with E-state index in [2.05, 4.69) is 15.3 Å². The van der Waals surface area contributed by atoms with E-state index in [-0.39, 0.29) is 12.1 Å². The Hall–Kier alpha value is -1.56. The van der Waals surface area contributed by atoms with Crippen molar-refractivity contribution in [3.8, 4) is 0 Å². The highest BCUT2D eigenvalue weighted by Crippen LogP contribution is 2.17. The number of hydrogen-bond acceptors (Lipinski definition) is 5. The van der Waals surface area contributed by atoms with Crippen LogP contribution in [0.3, 0.4) is 0 Å². The number of aromatic nitrogens is 2. The molecular weight excluding hydrogens is 280 g/mol. The predicted molar refractivity (Wildman–Crippen MR) is 76.9 cm³/mol. The first kappa shape index (κ1) is 14.8. The number of hydrogen-bond donors (Lipinski definition) is 1. The summed E-state index contributed by atoms with van der Waals surface area (Å²) in [5, 5.41) is 3.68. The number of likely N-dealkylation sites (tertiary alicyclic amines) is 1. The van der Waals surface area contributed by atoms with Crippen LogP contribution in [0.25, 0.3) is 0 Å². The van der Waals surface area contributed by atoms with Crippen LogP contribution in [0.4, 0.5) is 10.7 Å². The van der Waals surface area contributed by atoms with Gasteiger partial charge in [-0.05, 0) is 27.2 Å². The van der Waals surface area contributed by atoms with Gasteiger partial charge >= 0.3 is 6.09 Å². The predicted octanol–water partition coefficient (Wildman–Crippen LogP) is 2.55. The fourth-order valence-corrected chi connectivity index (χ4v) is 2.04. The molecule has 0 aromatic carbocycles. The monoisotopic (exact) mass is 298 g/mol. The lowest BCUT2D eigenvalue weighted by atomic mass is 10.2. The number of carbonyl (C=O) groups excluding carboxylic acids is 1. The highest BCUT2D eigenvalue weighted by Gasteiger charge is 2.29. The zero-order valence-corrected chi connectivity index (χ0v) is 12.6. The second kappa shape index (κ2) is 5.83. The van der Waals surface area contributed by atoms with Gasteiger partial charge in [0.1, 0.15) is 5.60 Å². The fourth-order valence-electron chi connectivity index (χ4n) is 1.94. The van der Waals surface area contributed by atoms with Gasteiger partial charge in [-0.2, -0.15) is 0 Å². The summed E-state index contributed by atoms with van der Waals surface area (Å²) in [4.78, 5) is 21.8. The van der Waals surface area contributed by atoms with Gasteiger partial charge in [0.2, 0.25) is 5.95 Å². The molecule has 0 spiro atoms. The Morgan fingerprint density at radius 2 is 2.10 bits per heavy atom. The second-order valence-corrected chi connectivity index (χ2v) is 6.22. The van der Waals surface area contributed by atoms with E-state index in [0.29, 0.717) is 24.1 Å². The maximum atomic E-state index is 11.9. The molecule has 0 aliphatic carbocycles. The second-order valence-electron chi connectivity index (χ2n) is 5.78. The van der Waals surface area contributed by atoms with Crippen LogP contribution in [0.1, 0.15) is 27.2 Å². The van der Waals surface area contributed by atoms with Crippen molar-refractivity contribution >= 4 is 23.6 Å².